The Kier molecular flexibility index (Phi) is 3.35. The lowest BCUT2D eigenvalue weighted by Gasteiger charge is -2.47. The molecular weight excluding hydrogens is 306 g/mol. The van der Waals surface area contributed by atoms with E-state index in [-0.39, 0.29) is 11.2 Å². The average Bonchev–Trinajstić information content (AvgIpc) is 2.61. The molecule has 8 nitrogen and oxygen atoms in total. The summed E-state index contributed by atoms with van der Waals surface area (Å²) in [5.41, 5.74) is 6.36. The molecule has 114 valence electrons. The first-order chi connectivity index (χ1) is 9.39. The van der Waals surface area contributed by atoms with Crippen molar-refractivity contribution in [3.8, 4) is 0 Å². The molecule has 3 aliphatic rings. The van der Waals surface area contributed by atoms with Gasteiger partial charge in [0.15, 0.2) is 0 Å². The number of aliphatic hydroxyl groups is 1. The highest BCUT2D eigenvalue weighted by Gasteiger charge is 2.58. The van der Waals surface area contributed by atoms with Gasteiger partial charge in [-0.2, -0.15) is 8.42 Å². The number of aliphatic hydroxyl groups excluding tert-OH is 1. The minimum absolute atomic E-state index is 0.00696. The Morgan fingerprint density at radius 3 is 2.80 bits per heavy atom. The van der Waals surface area contributed by atoms with Crippen LogP contribution in [0.2, 0.25) is 0 Å². The second-order valence-electron chi connectivity index (χ2n) is 4.85. The minimum Gasteiger partial charge on any atom is -0.385 e. The lowest BCUT2D eigenvalue weighted by atomic mass is 9.96. The minimum atomic E-state index is -4.00. The zero-order chi connectivity index (χ0) is 14.5. The first-order valence-corrected chi connectivity index (χ1v) is 9.20. The van der Waals surface area contributed by atoms with Crippen LogP contribution in [0.1, 0.15) is 26.2 Å². The molecule has 3 rings (SSSR count). The molecule has 2 heterocycles. The maximum Gasteiger partial charge on any atom is 0.438 e. The predicted molar refractivity (Wildman–Crippen MR) is 74.7 cm³/mol. The molecule has 1 spiro atoms. The van der Waals surface area contributed by atoms with E-state index in [4.69, 9.17) is 13.0 Å². The molecule has 1 fully saturated rings. The molecule has 1 saturated heterocycles. The first-order valence-electron chi connectivity index (χ1n) is 6.39. The summed E-state index contributed by atoms with van der Waals surface area (Å²) in [6.07, 6.45) is 1.35. The quantitative estimate of drug-likeness (QED) is 0.666. The number of aliphatic imine (C=N–C) groups is 1. The second kappa shape index (κ2) is 4.68. The SMILES string of the molecule is CCCN[C@H]1CCC2=C([C@H]1O)S1(OS(=O)(=O)O1)C(N)=N2. The van der Waals surface area contributed by atoms with Crippen LogP contribution >= 0.6 is 10.6 Å². The molecule has 0 amide bonds. The fraction of sp³-hybridized carbons (Fsp3) is 0.700. The van der Waals surface area contributed by atoms with E-state index in [2.05, 4.69) is 10.3 Å². The maximum absolute atomic E-state index is 11.2. The smallest absolute Gasteiger partial charge is 0.385 e. The monoisotopic (exact) mass is 323 g/mol. The van der Waals surface area contributed by atoms with Gasteiger partial charge in [0.1, 0.15) is 6.10 Å². The van der Waals surface area contributed by atoms with Crippen LogP contribution in [0, 0.1) is 0 Å². The predicted octanol–water partition coefficient (Wildman–Crippen LogP) is -0.0246. The van der Waals surface area contributed by atoms with E-state index in [1.165, 1.54) is 0 Å². The van der Waals surface area contributed by atoms with Gasteiger partial charge in [0, 0.05) is 6.04 Å². The Hall–Kier alpha value is -0.650. The molecule has 20 heavy (non-hydrogen) atoms. The standard InChI is InChI=1S/C10H17N3O5S2/c1-2-5-12-6-3-4-7-9(8(6)14)19(10(11)13-7)17-20(15,16)18-19/h6,8,12,14H,2-5H2,1H3,(H2,11,13)/t6-,8-/m0/s1. The van der Waals surface area contributed by atoms with Crippen molar-refractivity contribution in [3.05, 3.63) is 10.6 Å². The summed E-state index contributed by atoms with van der Waals surface area (Å²) in [7, 11) is -6.73. The van der Waals surface area contributed by atoms with Crippen LogP contribution in [0.5, 0.6) is 0 Å². The van der Waals surface area contributed by atoms with Crippen LogP contribution in [-0.2, 0) is 17.7 Å². The number of hydrogen-bond acceptors (Lipinski definition) is 8. The van der Waals surface area contributed by atoms with Gasteiger partial charge in [-0.25, -0.2) is 4.99 Å². The molecule has 2 atom stereocenters. The van der Waals surface area contributed by atoms with Crippen molar-refractivity contribution in [3.63, 3.8) is 0 Å². The highest BCUT2D eigenvalue weighted by Crippen LogP contribution is 2.72. The normalized spacial score (nSPS) is 35.4. The molecule has 0 unspecified atom stereocenters. The Bertz CT molecular complexity index is 588. The molecule has 0 aromatic heterocycles. The van der Waals surface area contributed by atoms with Crippen LogP contribution in [0.3, 0.4) is 0 Å². The Labute approximate surface area is 119 Å². The summed E-state index contributed by atoms with van der Waals surface area (Å²) >= 11 is 0. The van der Waals surface area contributed by atoms with E-state index in [9.17, 15) is 13.5 Å². The summed E-state index contributed by atoms with van der Waals surface area (Å²) in [6, 6.07) is -0.172. The second-order valence-corrected chi connectivity index (χ2v) is 8.62. The largest absolute Gasteiger partial charge is 0.438 e. The zero-order valence-corrected chi connectivity index (χ0v) is 12.5. The van der Waals surface area contributed by atoms with E-state index in [1.807, 2.05) is 6.92 Å². The Morgan fingerprint density at radius 1 is 1.50 bits per heavy atom. The van der Waals surface area contributed by atoms with E-state index in [0.29, 0.717) is 23.4 Å². The van der Waals surface area contributed by atoms with Gasteiger partial charge in [0.2, 0.25) is 5.17 Å². The highest BCUT2D eigenvalue weighted by atomic mass is 32.4. The topological polar surface area (TPSA) is 123 Å². The molecule has 0 aromatic rings. The lowest BCUT2D eigenvalue weighted by Crippen LogP contribution is -2.47. The summed E-state index contributed by atoms with van der Waals surface area (Å²) in [4.78, 5) is 4.52. The number of nitrogens with one attached hydrogen (secondary N) is 1. The van der Waals surface area contributed by atoms with Crippen LogP contribution in [0.4, 0.5) is 0 Å². The third-order valence-corrected chi connectivity index (χ3v) is 8.02. The number of nitrogens with two attached hydrogens (primary N) is 1. The third kappa shape index (κ3) is 1.98. The summed E-state index contributed by atoms with van der Waals surface area (Å²) in [5.74, 6) is 0. The summed E-state index contributed by atoms with van der Waals surface area (Å²) < 4.78 is 32.2. The van der Waals surface area contributed by atoms with Crippen molar-refractivity contribution >= 4 is 26.2 Å². The van der Waals surface area contributed by atoms with Gasteiger partial charge in [-0.05, 0) is 25.8 Å². The number of allylic oxidation sites excluding steroid dienone is 1. The van der Waals surface area contributed by atoms with Crippen molar-refractivity contribution in [2.75, 3.05) is 6.54 Å². The van der Waals surface area contributed by atoms with Gasteiger partial charge in [0.05, 0.1) is 10.6 Å². The average molecular weight is 323 g/mol. The van der Waals surface area contributed by atoms with E-state index in [1.54, 1.807) is 0 Å². The van der Waals surface area contributed by atoms with Gasteiger partial charge < -0.3 is 16.2 Å². The third-order valence-electron chi connectivity index (χ3n) is 3.45. The summed E-state index contributed by atoms with van der Waals surface area (Å²) in [5, 5.41) is 13.7. The van der Waals surface area contributed by atoms with Crippen LogP contribution in [0.15, 0.2) is 15.6 Å². The van der Waals surface area contributed by atoms with Crippen molar-refractivity contribution in [1.82, 2.24) is 5.32 Å². The molecule has 0 bridgehead atoms. The molecule has 1 aliphatic carbocycles. The van der Waals surface area contributed by atoms with Crippen molar-refractivity contribution in [1.29, 1.82) is 0 Å². The van der Waals surface area contributed by atoms with Gasteiger partial charge in [-0.15, -0.1) is 7.26 Å². The molecule has 2 aliphatic heterocycles. The molecule has 4 N–H and O–H groups in total. The van der Waals surface area contributed by atoms with Gasteiger partial charge in [-0.3, -0.25) is 0 Å². The summed E-state index contributed by atoms with van der Waals surface area (Å²) in [6.45, 7) is 2.80. The molecule has 0 radical (unpaired) electrons. The fourth-order valence-electron chi connectivity index (χ4n) is 2.58. The maximum atomic E-state index is 11.2. The number of fused-ring (bicyclic) bond motifs is 1. The molecule has 10 heteroatoms. The van der Waals surface area contributed by atoms with E-state index < -0.39 is 27.1 Å². The van der Waals surface area contributed by atoms with E-state index in [0.717, 1.165) is 13.0 Å². The van der Waals surface area contributed by atoms with Crippen LogP contribution in [0.25, 0.3) is 0 Å². The molecule has 0 aromatic carbocycles. The first kappa shape index (κ1) is 14.3. The van der Waals surface area contributed by atoms with Crippen molar-refractivity contribution in [2.24, 2.45) is 10.7 Å². The molecule has 0 saturated carbocycles. The van der Waals surface area contributed by atoms with Crippen molar-refractivity contribution in [2.45, 2.75) is 38.3 Å². The number of amidine groups is 1. The van der Waals surface area contributed by atoms with Gasteiger partial charge in [0.25, 0.3) is 0 Å². The highest BCUT2D eigenvalue weighted by molar-refractivity contribution is 8.49. The van der Waals surface area contributed by atoms with E-state index >= 15 is 0 Å². The van der Waals surface area contributed by atoms with Crippen molar-refractivity contribution < 1.29 is 20.8 Å². The van der Waals surface area contributed by atoms with Crippen LogP contribution < -0.4 is 11.1 Å². The van der Waals surface area contributed by atoms with Gasteiger partial charge >= 0.3 is 10.4 Å². The van der Waals surface area contributed by atoms with Crippen LogP contribution in [-0.4, -0.2) is 37.4 Å². The fourth-order valence-corrected chi connectivity index (χ4v) is 7.04. The molecular formula is C10H17N3O5S2. The zero-order valence-electron chi connectivity index (χ0n) is 10.9. The number of nitrogens with zero attached hydrogens (tertiary/aromatic N) is 1. The Balaban J connectivity index is 1.89. The van der Waals surface area contributed by atoms with Gasteiger partial charge in [-0.1, -0.05) is 17.5 Å². The Morgan fingerprint density at radius 2 is 2.20 bits per heavy atom. The number of rotatable bonds is 3. The number of hydrogen-bond donors (Lipinski definition) is 3. The lowest BCUT2D eigenvalue weighted by molar-refractivity contribution is 0.151.